The number of carbonyl (C=O) groups excluding carboxylic acids is 1. The molecule has 0 radical (unpaired) electrons. The van der Waals surface area contributed by atoms with Crippen LogP contribution in [-0.2, 0) is 22.5 Å². The van der Waals surface area contributed by atoms with Crippen LogP contribution in [0.3, 0.4) is 0 Å². The van der Waals surface area contributed by atoms with Crippen LogP contribution in [0.15, 0.2) is 34.4 Å². The van der Waals surface area contributed by atoms with Crippen molar-refractivity contribution in [2.45, 2.75) is 32.2 Å². The largest absolute Gasteiger partial charge is 0.385 e. The summed E-state index contributed by atoms with van der Waals surface area (Å²) in [5, 5.41) is 12.9. The predicted molar refractivity (Wildman–Crippen MR) is 117 cm³/mol. The molecular formula is C21H21F2N5O3S. The number of aromatic nitrogens is 4. The molecule has 1 N–H and O–H groups in total. The van der Waals surface area contributed by atoms with E-state index in [-0.39, 0.29) is 23.6 Å². The summed E-state index contributed by atoms with van der Waals surface area (Å²) in [7, 11) is 1.61. The van der Waals surface area contributed by atoms with E-state index in [1.807, 2.05) is 15.8 Å². The first kappa shape index (κ1) is 22.0. The highest BCUT2D eigenvalue weighted by Crippen LogP contribution is 2.21. The van der Waals surface area contributed by atoms with Crippen molar-refractivity contribution in [2.75, 3.05) is 19.0 Å². The molecule has 0 saturated heterocycles. The number of hydrogen-bond donors (Lipinski definition) is 1. The number of thiophene rings is 1. The number of anilines is 1. The zero-order chi connectivity index (χ0) is 22.7. The fraction of sp³-hybridized carbons (Fsp3) is 0.333. The number of halogens is 2. The highest BCUT2D eigenvalue weighted by molar-refractivity contribution is 7.17. The molecule has 3 heterocycles. The zero-order valence-corrected chi connectivity index (χ0v) is 18.1. The van der Waals surface area contributed by atoms with Crippen molar-refractivity contribution in [2.24, 2.45) is 0 Å². The molecular weight excluding hydrogens is 440 g/mol. The molecule has 0 fully saturated rings. The topological polar surface area (TPSA) is 90.5 Å². The molecule has 11 heteroatoms. The first-order valence-electron chi connectivity index (χ1n) is 10.1. The number of nitrogens with zero attached hydrogens (tertiary/aromatic N) is 4. The number of amides is 1. The maximum absolute atomic E-state index is 13.3. The smallest absolute Gasteiger partial charge is 0.272 e. The van der Waals surface area contributed by atoms with Gasteiger partial charge in [-0.3, -0.25) is 18.6 Å². The Morgan fingerprint density at radius 3 is 2.81 bits per heavy atom. The molecule has 4 rings (SSSR count). The van der Waals surface area contributed by atoms with Crippen molar-refractivity contribution in [1.82, 2.24) is 19.2 Å². The van der Waals surface area contributed by atoms with Gasteiger partial charge in [-0.2, -0.15) is 0 Å². The molecule has 32 heavy (non-hydrogen) atoms. The lowest BCUT2D eigenvalue weighted by Gasteiger charge is -2.09. The first-order valence-corrected chi connectivity index (χ1v) is 11.0. The number of benzene rings is 1. The lowest BCUT2D eigenvalue weighted by atomic mass is 10.2. The van der Waals surface area contributed by atoms with Gasteiger partial charge in [0.1, 0.15) is 10.5 Å². The Hall–Kier alpha value is -3.18. The van der Waals surface area contributed by atoms with E-state index < -0.39 is 11.6 Å². The average molecular weight is 461 g/mol. The third-order valence-corrected chi connectivity index (χ3v) is 5.91. The molecule has 0 bridgehead atoms. The van der Waals surface area contributed by atoms with Crippen LogP contribution >= 0.6 is 11.3 Å². The van der Waals surface area contributed by atoms with Gasteiger partial charge in [-0.1, -0.05) is 0 Å². The van der Waals surface area contributed by atoms with Gasteiger partial charge in [-0.15, -0.1) is 21.5 Å². The van der Waals surface area contributed by atoms with E-state index >= 15 is 0 Å². The van der Waals surface area contributed by atoms with Crippen molar-refractivity contribution in [3.05, 3.63) is 57.5 Å². The lowest BCUT2D eigenvalue weighted by molar-refractivity contribution is -0.116. The molecule has 3 aromatic heterocycles. The Morgan fingerprint density at radius 2 is 2.03 bits per heavy atom. The van der Waals surface area contributed by atoms with Crippen molar-refractivity contribution in [3.63, 3.8) is 0 Å². The Labute approximate surface area is 185 Å². The normalized spacial score (nSPS) is 11.5. The van der Waals surface area contributed by atoms with E-state index in [9.17, 15) is 18.4 Å². The van der Waals surface area contributed by atoms with Gasteiger partial charge >= 0.3 is 0 Å². The van der Waals surface area contributed by atoms with Crippen LogP contribution < -0.4 is 10.9 Å². The molecule has 0 atom stereocenters. The first-order chi connectivity index (χ1) is 15.5. The molecule has 0 aliphatic carbocycles. The maximum atomic E-state index is 13.3. The molecule has 8 nitrogen and oxygen atoms in total. The monoisotopic (exact) mass is 461 g/mol. The second kappa shape index (κ2) is 9.53. The maximum Gasteiger partial charge on any atom is 0.272 e. The van der Waals surface area contributed by atoms with Gasteiger partial charge < -0.3 is 10.1 Å². The van der Waals surface area contributed by atoms with Gasteiger partial charge in [-0.05, 0) is 36.4 Å². The summed E-state index contributed by atoms with van der Waals surface area (Å²) in [5.74, 6) is -1.21. The Morgan fingerprint density at radius 1 is 1.19 bits per heavy atom. The van der Waals surface area contributed by atoms with E-state index in [0.29, 0.717) is 48.7 Å². The van der Waals surface area contributed by atoms with Crippen LogP contribution in [0, 0.1) is 11.6 Å². The van der Waals surface area contributed by atoms with E-state index in [2.05, 4.69) is 15.5 Å². The number of hydrogen-bond acceptors (Lipinski definition) is 6. The number of methoxy groups -OCH3 is 1. The summed E-state index contributed by atoms with van der Waals surface area (Å²) in [5.41, 5.74) is 0.828. The van der Waals surface area contributed by atoms with E-state index in [1.165, 1.54) is 17.4 Å². The van der Waals surface area contributed by atoms with Crippen LogP contribution in [0.1, 0.15) is 25.1 Å². The quantitative estimate of drug-likeness (QED) is 0.386. The summed E-state index contributed by atoms with van der Waals surface area (Å²) in [6.45, 7) is 0.980. The van der Waals surface area contributed by atoms with E-state index in [4.69, 9.17) is 4.74 Å². The van der Waals surface area contributed by atoms with E-state index in [1.54, 1.807) is 11.7 Å². The zero-order valence-electron chi connectivity index (χ0n) is 17.3. The number of carbonyl (C=O) groups is 1. The predicted octanol–water partition coefficient (Wildman–Crippen LogP) is 3.38. The fourth-order valence-corrected chi connectivity index (χ4v) is 4.34. The van der Waals surface area contributed by atoms with Crippen LogP contribution in [0.25, 0.3) is 16.0 Å². The number of aryl methyl sites for hydroxylation is 2. The van der Waals surface area contributed by atoms with Crippen LogP contribution in [0.5, 0.6) is 0 Å². The molecule has 0 aliphatic heterocycles. The Balaban J connectivity index is 1.50. The summed E-state index contributed by atoms with van der Waals surface area (Å²) < 4.78 is 35.5. The molecule has 0 spiro atoms. The summed E-state index contributed by atoms with van der Waals surface area (Å²) >= 11 is 1.36. The van der Waals surface area contributed by atoms with Gasteiger partial charge in [0.25, 0.3) is 5.56 Å². The van der Waals surface area contributed by atoms with Gasteiger partial charge in [0.05, 0.1) is 5.52 Å². The highest BCUT2D eigenvalue weighted by atomic mass is 32.1. The SMILES string of the molecule is COCCCn1c(=O)c2sccc2n2c(CCCC(=O)Nc3ccc(F)c(F)c3)nnc12. The molecule has 1 amide bonds. The second-order valence-corrected chi connectivity index (χ2v) is 8.14. The minimum Gasteiger partial charge on any atom is -0.385 e. The highest BCUT2D eigenvalue weighted by Gasteiger charge is 2.17. The van der Waals surface area contributed by atoms with Crippen LogP contribution in [0.4, 0.5) is 14.5 Å². The Bertz CT molecular complexity index is 1330. The summed E-state index contributed by atoms with van der Waals surface area (Å²) in [6, 6.07) is 5.07. The minimum absolute atomic E-state index is 0.108. The van der Waals surface area contributed by atoms with Crippen LogP contribution in [-0.4, -0.2) is 38.8 Å². The molecule has 0 aliphatic rings. The molecule has 1 aromatic carbocycles. The molecule has 0 saturated carbocycles. The van der Waals surface area contributed by atoms with Crippen molar-refractivity contribution in [3.8, 4) is 0 Å². The van der Waals surface area contributed by atoms with Crippen molar-refractivity contribution < 1.29 is 18.3 Å². The lowest BCUT2D eigenvalue weighted by Crippen LogP contribution is -2.23. The standard InChI is InChI=1S/C21H21F2N5O3S/c1-31-10-3-9-27-20(30)19-16(8-11-32-19)28-17(25-26-21(27)28)4-2-5-18(29)24-13-6-7-14(22)15(23)12-13/h6-8,11-12H,2-5,9-10H2,1H3,(H,24,29). The Kier molecular flexibility index (Phi) is 6.56. The van der Waals surface area contributed by atoms with Gasteiger partial charge in [0.15, 0.2) is 11.6 Å². The number of rotatable bonds is 9. The van der Waals surface area contributed by atoms with E-state index in [0.717, 1.165) is 17.6 Å². The molecule has 4 aromatic rings. The van der Waals surface area contributed by atoms with Crippen molar-refractivity contribution >= 4 is 38.9 Å². The number of nitrogens with one attached hydrogen (secondary N) is 1. The molecule has 168 valence electrons. The van der Waals surface area contributed by atoms with Crippen LogP contribution in [0.2, 0.25) is 0 Å². The van der Waals surface area contributed by atoms with Gasteiger partial charge in [0, 0.05) is 44.9 Å². The molecule has 0 unspecified atom stereocenters. The number of fused-ring (bicyclic) bond motifs is 3. The average Bonchev–Trinajstić information content (AvgIpc) is 3.40. The minimum atomic E-state index is -1.02. The fourth-order valence-electron chi connectivity index (χ4n) is 3.52. The second-order valence-electron chi connectivity index (χ2n) is 7.22. The third kappa shape index (κ3) is 4.39. The third-order valence-electron chi connectivity index (χ3n) is 5.02. The van der Waals surface area contributed by atoms with Crippen molar-refractivity contribution in [1.29, 1.82) is 0 Å². The summed E-state index contributed by atoms with van der Waals surface area (Å²) in [4.78, 5) is 25.1. The van der Waals surface area contributed by atoms with Gasteiger partial charge in [-0.25, -0.2) is 8.78 Å². The number of ether oxygens (including phenoxy) is 1. The van der Waals surface area contributed by atoms with Gasteiger partial charge in [0.2, 0.25) is 11.7 Å². The summed E-state index contributed by atoms with van der Waals surface area (Å²) in [6.07, 6.45) is 1.74.